The number of carbonyl (C=O) groups excluding carboxylic acids is 1. The summed E-state index contributed by atoms with van der Waals surface area (Å²) in [7, 11) is 1.51. The number of benzene rings is 3. The van der Waals surface area contributed by atoms with Gasteiger partial charge in [0.2, 0.25) is 5.13 Å². The van der Waals surface area contributed by atoms with Crippen molar-refractivity contribution in [2.45, 2.75) is 0 Å². The maximum absolute atomic E-state index is 12.3. The van der Waals surface area contributed by atoms with Gasteiger partial charge in [0.25, 0.3) is 0 Å². The molecule has 0 aliphatic carbocycles. The number of esters is 1. The molecule has 0 aliphatic heterocycles. The van der Waals surface area contributed by atoms with Crippen LogP contribution in [-0.2, 0) is 0 Å². The van der Waals surface area contributed by atoms with Crippen LogP contribution in [0.3, 0.4) is 0 Å². The van der Waals surface area contributed by atoms with Crippen molar-refractivity contribution in [3.63, 3.8) is 0 Å². The van der Waals surface area contributed by atoms with Gasteiger partial charge in [0.05, 0.1) is 24.6 Å². The van der Waals surface area contributed by atoms with Gasteiger partial charge >= 0.3 is 5.97 Å². The van der Waals surface area contributed by atoms with E-state index in [4.69, 9.17) is 21.1 Å². The number of halogens is 1. The minimum atomic E-state index is -0.499. The minimum absolute atomic E-state index is 0.310. The van der Waals surface area contributed by atoms with Crippen LogP contribution < -0.4 is 14.9 Å². The Morgan fingerprint density at radius 2 is 1.84 bits per heavy atom. The molecule has 32 heavy (non-hydrogen) atoms. The molecule has 0 unspecified atom stereocenters. The standard InChI is InChI=1S/C24H18ClN3O3S/c1-30-22-13-16(7-12-21(22)31-23(29)18-8-10-19(25)11-9-18)14-26-28-24-27-20(15-32-24)17-5-3-2-4-6-17/h2-15H,1H3,(H,27,28). The van der Waals surface area contributed by atoms with Crippen molar-refractivity contribution in [1.29, 1.82) is 0 Å². The van der Waals surface area contributed by atoms with Crippen LogP contribution in [0.4, 0.5) is 5.13 Å². The lowest BCUT2D eigenvalue weighted by molar-refractivity contribution is 0.0729. The number of nitrogens with one attached hydrogen (secondary N) is 1. The molecule has 0 radical (unpaired) electrons. The lowest BCUT2D eigenvalue weighted by Crippen LogP contribution is -2.09. The Morgan fingerprint density at radius 1 is 1.06 bits per heavy atom. The van der Waals surface area contributed by atoms with Crippen molar-refractivity contribution >= 4 is 40.3 Å². The maximum atomic E-state index is 12.3. The number of ether oxygens (including phenoxy) is 2. The van der Waals surface area contributed by atoms with Gasteiger partial charge in [-0.05, 0) is 48.0 Å². The Balaban J connectivity index is 1.41. The highest BCUT2D eigenvalue weighted by atomic mass is 35.5. The van der Waals surface area contributed by atoms with Crippen molar-refractivity contribution in [3.05, 3.63) is 94.3 Å². The van der Waals surface area contributed by atoms with Crippen LogP contribution in [0, 0.1) is 0 Å². The number of carbonyl (C=O) groups is 1. The topological polar surface area (TPSA) is 72.8 Å². The fourth-order valence-corrected chi connectivity index (χ4v) is 3.62. The third-order valence-electron chi connectivity index (χ3n) is 4.42. The second kappa shape index (κ2) is 10.1. The van der Waals surface area contributed by atoms with E-state index in [0.717, 1.165) is 16.8 Å². The molecule has 0 saturated carbocycles. The van der Waals surface area contributed by atoms with Crippen LogP contribution in [0.25, 0.3) is 11.3 Å². The fourth-order valence-electron chi connectivity index (χ4n) is 2.82. The van der Waals surface area contributed by atoms with Crippen molar-refractivity contribution in [2.75, 3.05) is 12.5 Å². The molecule has 8 heteroatoms. The molecule has 0 aliphatic rings. The number of anilines is 1. The molecule has 1 heterocycles. The lowest BCUT2D eigenvalue weighted by atomic mass is 10.2. The lowest BCUT2D eigenvalue weighted by Gasteiger charge is -2.10. The fraction of sp³-hybridized carbons (Fsp3) is 0.0417. The Morgan fingerprint density at radius 3 is 2.59 bits per heavy atom. The van der Waals surface area contributed by atoms with Crippen LogP contribution in [0.15, 0.2) is 83.3 Å². The molecule has 6 nitrogen and oxygen atoms in total. The third-order valence-corrected chi connectivity index (χ3v) is 5.42. The maximum Gasteiger partial charge on any atom is 0.343 e. The van der Waals surface area contributed by atoms with Gasteiger partial charge in [0, 0.05) is 16.0 Å². The third kappa shape index (κ3) is 5.32. The molecule has 4 aromatic rings. The summed E-state index contributed by atoms with van der Waals surface area (Å²) in [6.07, 6.45) is 1.64. The molecule has 1 aromatic heterocycles. The highest BCUT2D eigenvalue weighted by Gasteiger charge is 2.13. The van der Waals surface area contributed by atoms with Crippen molar-refractivity contribution in [1.82, 2.24) is 4.98 Å². The zero-order chi connectivity index (χ0) is 22.3. The highest BCUT2D eigenvalue weighted by molar-refractivity contribution is 7.14. The molecule has 0 atom stereocenters. The SMILES string of the molecule is COc1cc(C=NNc2nc(-c3ccccc3)cs2)ccc1OC(=O)c1ccc(Cl)cc1. The molecule has 0 bridgehead atoms. The molecule has 4 rings (SSSR count). The first-order valence-electron chi connectivity index (χ1n) is 9.58. The second-order valence-corrected chi connectivity index (χ2v) is 7.88. The molecular weight excluding hydrogens is 446 g/mol. The Labute approximate surface area is 194 Å². The summed E-state index contributed by atoms with van der Waals surface area (Å²) < 4.78 is 10.8. The van der Waals surface area contributed by atoms with Crippen molar-refractivity contribution in [3.8, 4) is 22.8 Å². The first-order chi connectivity index (χ1) is 15.6. The zero-order valence-electron chi connectivity index (χ0n) is 17.0. The molecule has 0 amide bonds. The minimum Gasteiger partial charge on any atom is -0.493 e. The number of hydrogen-bond donors (Lipinski definition) is 1. The van der Waals surface area contributed by atoms with Gasteiger partial charge in [-0.3, -0.25) is 5.43 Å². The molecule has 3 aromatic carbocycles. The molecule has 0 spiro atoms. The van der Waals surface area contributed by atoms with Gasteiger partial charge in [0.15, 0.2) is 11.5 Å². The van der Waals surface area contributed by atoms with Gasteiger partial charge < -0.3 is 9.47 Å². The van der Waals surface area contributed by atoms with Crippen LogP contribution in [0.2, 0.25) is 5.02 Å². The Kier molecular flexibility index (Phi) is 6.79. The molecule has 1 N–H and O–H groups in total. The van der Waals surface area contributed by atoms with Gasteiger partial charge in [-0.15, -0.1) is 11.3 Å². The largest absolute Gasteiger partial charge is 0.493 e. The van der Waals surface area contributed by atoms with Crippen LogP contribution in [-0.4, -0.2) is 24.3 Å². The molecule has 0 saturated heterocycles. The number of thiazole rings is 1. The summed E-state index contributed by atoms with van der Waals surface area (Å²) in [4.78, 5) is 16.9. The smallest absolute Gasteiger partial charge is 0.343 e. The predicted molar refractivity (Wildman–Crippen MR) is 128 cm³/mol. The summed E-state index contributed by atoms with van der Waals surface area (Å²) in [5.41, 5.74) is 6.03. The molecular formula is C24H18ClN3O3S. The quantitative estimate of drug-likeness (QED) is 0.154. The number of aromatic nitrogens is 1. The van der Waals surface area contributed by atoms with E-state index in [-0.39, 0.29) is 0 Å². The first-order valence-corrected chi connectivity index (χ1v) is 10.8. The summed E-state index contributed by atoms with van der Waals surface area (Å²) in [5, 5.41) is 7.44. The van der Waals surface area contributed by atoms with E-state index in [1.807, 2.05) is 35.7 Å². The van der Waals surface area contributed by atoms with Crippen LogP contribution in [0.5, 0.6) is 11.5 Å². The number of hydrogen-bond acceptors (Lipinski definition) is 7. The number of rotatable bonds is 7. The Hall–Kier alpha value is -3.68. The van der Waals surface area contributed by atoms with E-state index in [0.29, 0.717) is 27.2 Å². The zero-order valence-corrected chi connectivity index (χ0v) is 18.6. The number of methoxy groups -OCH3 is 1. The summed E-state index contributed by atoms with van der Waals surface area (Å²) >= 11 is 7.33. The second-order valence-electron chi connectivity index (χ2n) is 6.58. The Bertz CT molecular complexity index is 1240. The van der Waals surface area contributed by atoms with Gasteiger partial charge in [0.1, 0.15) is 0 Å². The van der Waals surface area contributed by atoms with Gasteiger partial charge in [-0.25, -0.2) is 9.78 Å². The highest BCUT2D eigenvalue weighted by Crippen LogP contribution is 2.29. The average molecular weight is 464 g/mol. The van der Waals surface area contributed by atoms with Crippen molar-refractivity contribution in [2.24, 2.45) is 5.10 Å². The number of hydrazone groups is 1. The normalized spacial score (nSPS) is 10.8. The van der Waals surface area contributed by atoms with Gasteiger partial charge in [-0.1, -0.05) is 41.9 Å². The van der Waals surface area contributed by atoms with Gasteiger partial charge in [-0.2, -0.15) is 5.10 Å². The predicted octanol–water partition coefficient (Wildman–Crippen LogP) is 6.14. The number of nitrogens with zero attached hydrogens (tertiary/aromatic N) is 2. The summed E-state index contributed by atoms with van der Waals surface area (Å²) in [6.45, 7) is 0. The van der Waals surface area contributed by atoms with Crippen LogP contribution >= 0.6 is 22.9 Å². The first kappa shape index (κ1) is 21.5. The van der Waals surface area contributed by atoms with E-state index in [1.165, 1.54) is 18.4 Å². The van der Waals surface area contributed by atoms with E-state index in [1.54, 1.807) is 48.7 Å². The van der Waals surface area contributed by atoms with E-state index in [2.05, 4.69) is 15.5 Å². The van der Waals surface area contributed by atoms with E-state index < -0.39 is 5.97 Å². The average Bonchev–Trinajstić information content (AvgIpc) is 3.30. The molecule has 160 valence electrons. The van der Waals surface area contributed by atoms with Crippen LogP contribution in [0.1, 0.15) is 15.9 Å². The molecule has 0 fully saturated rings. The van der Waals surface area contributed by atoms with E-state index >= 15 is 0 Å². The van der Waals surface area contributed by atoms with E-state index in [9.17, 15) is 4.79 Å². The summed E-state index contributed by atoms with van der Waals surface area (Å²) in [5.74, 6) is 0.225. The van der Waals surface area contributed by atoms with Crippen molar-refractivity contribution < 1.29 is 14.3 Å². The summed E-state index contributed by atoms with van der Waals surface area (Å²) in [6, 6.07) is 21.6. The monoisotopic (exact) mass is 463 g/mol.